The quantitative estimate of drug-likeness (QED) is 0.329. The Kier molecular flexibility index (Phi) is 5.90. The second kappa shape index (κ2) is 7.42. The summed E-state index contributed by atoms with van der Waals surface area (Å²) < 4.78 is 14.7. The van der Waals surface area contributed by atoms with Crippen LogP contribution in [-0.4, -0.2) is 38.9 Å². The smallest absolute Gasteiger partial charge is 0.375 e. The van der Waals surface area contributed by atoms with Crippen molar-refractivity contribution in [1.82, 2.24) is 0 Å². The number of hydrogen-bond donors (Lipinski definition) is 0. The summed E-state index contributed by atoms with van der Waals surface area (Å²) in [5.41, 5.74) is 0.145. The van der Waals surface area contributed by atoms with Gasteiger partial charge in [0.15, 0.2) is 5.78 Å². The molecular formula is C15H18O6. The number of esters is 1. The molecule has 1 aromatic carbocycles. The van der Waals surface area contributed by atoms with Crippen LogP contribution in [0.2, 0.25) is 0 Å². The predicted molar refractivity (Wildman–Crippen MR) is 74.7 cm³/mol. The van der Waals surface area contributed by atoms with Gasteiger partial charge in [0.1, 0.15) is 17.1 Å². The third-order valence-corrected chi connectivity index (χ3v) is 3.10. The molecule has 0 N–H and O–H groups in total. The zero-order valence-corrected chi connectivity index (χ0v) is 12.5. The predicted octanol–water partition coefficient (Wildman–Crippen LogP) is 1.65. The van der Waals surface area contributed by atoms with Gasteiger partial charge in [-0.25, -0.2) is 4.79 Å². The van der Waals surface area contributed by atoms with Gasteiger partial charge in [0.25, 0.3) is 5.78 Å². The maximum atomic E-state index is 12.6. The number of carbonyl (C=O) groups is 3. The fourth-order valence-electron chi connectivity index (χ4n) is 2.00. The van der Waals surface area contributed by atoms with Gasteiger partial charge in [-0.1, -0.05) is 13.0 Å². The van der Waals surface area contributed by atoms with Crippen LogP contribution in [-0.2, 0) is 14.3 Å². The maximum absolute atomic E-state index is 12.6. The number of Topliss-reactive ketones (excluding diaryl/α,β-unsaturated/α-hetero) is 2. The summed E-state index contributed by atoms with van der Waals surface area (Å²) in [6.45, 7) is 1.64. The lowest BCUT2D eigenvalue weighted by Gasteiger charge is -2.16. The van der Waals surface area contributed by atoms with E-state index in [4.69, 9.17) is 9.47 Å². The largest absolute Gasteiger partial charge is 0.496 e. The fourth-order valence-corrected chi connectivity index (χ4v) is 2.00. The summed E-state index contributed by atoms with van der Waals surface area (Å²) >= 11 is 0. The summed E-state index contributed by atoms with van der Waals surface area (Å²) in [6.07, 6.45) is 0.175. The number of carbonyl (C=O) groups excluding carboxylic acids is 3. The number of methoxy groups -OCH3 is 3. The van der Waals surface area contributed by atoms with E-state index in [1.165, 1.54) is 14.2 Å². The molecule has 6 heteroatoms. The minimum atomic E-state index is -1.12. The Morgan fingerprint density at radius 2 is 1.57 bits per heavy atom. The minimum absolute atomic E-state index is 0.145. The van der Waals surface area contributed by atoms with Gasteiger partial charge in [0.2, 0.25) is 0 Å². The van der Waals surface area contributed by atoms with Gasteiger partial charge >= 0.3 is 5.97 Å². The number of benzene rings is 1. The first kappa shape index (κ1) is 16.7. The zero-order chi connectivity index (χ0) is 16.0. The molecule has 0 aliphatic rings. The highest BCUT2D eigenvalue weighted by atomic mass is 16.5. The summed E-state index contributed by atoms with van der Waals surface area (Å²) in [5, 5.41) is 0. The molecule has 0 fully saturated rings. The van der Waals surface area contributed by atoms with Crippen molar-refractivity contribution < 1.29 is 28.6 Å². The molecule has 1 aromatic rings. The molecule has 0 spiro atoms. The molecule has 114 valence electrons. The van der Waals surface area contributed by atoms with E-state index in [-0.39, 0.29) is 23.5 Å². The van der Waals surface area contributed by atoms with Gasteiger partial charge in [0, 0.05) is 0 Å². The first-order chi connectivity index (χ1) is 10.0. The molecule has 6 nitrogen and oxygen atoms in total. The van der Waals surface area contributed by atoms with Gasteiger partial charge in [-0.05, 0) is 18.6 Å². The lowest BCUT2D eigenvalue weighted by atomic mass is 9.90. The van der Waals surface area contributed by atoms with Crippen molar-refractivity contribution in [1.29, 1.82) is 0 Å². The van der Waals surface area contributed by atoms with Crippen molar-refractivity contribution >= 4 is 17.5 Å². The zero-order valence-electron chi connectivity index (χ0n) is 12.5. The first-order valence-electron chi connectivity index (χ1n) is 6.39. The van der Waals surface area contributed by atoms with Gasteiger partial charge < -0.3 is 14.2 Å². The molecule has 0 saturated heterocycles. The third-order valence-electron chi connectivity index (χ3n) is 3.10. The second-order valence-electron chi connectivity index (χ2n) is 4.22. The molecule has 0 aliphatic heterocycles. The summed E-state index contributed by atoms with van der Waals surface area (Å²) in [7, 11) is 3.92. The Morgan fingerprint density at radius 3 is 1.95 bits per heavy atom. The SMILES string of the molecule is CCC(C(=O)C(=O)OC)C(=O)c1c(OC)cccc1OC. The number of ketones is 2. The molecule has 0 bridgehead atoms. The standard InChI is InChI=1S/C15H18O6/c1-5-9(14(17)15(18)21-4)13(16)12-10(19-2)7-6-8-11(12)20-3/h6-9H,5H2,1-4H3. The van der Waals surface area contributed by atoms with Crippen LogP contribution < -0.4 is 9.47 Å². The minimum Gasteiger partial charge on any atom is -0.496 e. The van der Waals surface area contributed by atoms with Crippen LogP contribution in [0.15, 0.2) is 18.2 Å². The molecule has 1 rings (SSSR count). The van der Waals surface area contributed by atoms with Gasteiger partial charge in [-0.15, -0.1) is 0 Å². The van der Waals surface area contributed by atoms with Crippen LogP contribution in [0.1, 0.15) is 23.7 Å². The Morgan fingerprint density at radius 1 is 1.05 bits per heavy atom. The molecule has 1 atom stereocenters. The van der Waals surface area contributed by atoms with Gasteiger partial charge in [0.05, 0.1) is 27.2 Å². The van der Waals surface area contributed by atoms with Crippen molar-refractivity contribution in [3.63, 3.8) is 0 Å². The highest BCUT2D eigenvalue weighted by Crippen LogP contribution is 2.31. The normalized spacial score (nSPS) is 11.4. The highest BCUT2D eigenvalue weighted by Gasteiger charge is 2.34. The molecular weight excluding hydrogens is 276 g/mol. The van der Waals surface area contributed by atoms with E-state index in [1.54, 1.807) is 25.1 Å². The average Bonchev–Trinajstić information content (AvgIpc) is 2.53. The lowest BCUT2D eigenvalue weighted by molar-refractivity contribution is -0.152. The summed E-state index contributed by atoms with van der Waals surface area (Å²) in [5.74, 6) is -2.99. The Labute approximate surface area is 123 Å². The molecule has 0 radical (unpaired) electrons. The molecule has 21 heavy (non-hydrogen) atoms. The molecule has 0 amide bonds. The van der Waals surface area contributed by atoms with Crippen molar-refractivity contribution in [2.24, 2.45) is 5.92 Å². The Hall–Kier alpha value is -2.37. The summed E-state index contributed by atoms with van der Waals surface area (Å²) in [4.78, 5) is 35.9. The van der Waals surface area contributed by atoms with Crippen molar-refractivity contribution in [3.8, 4) is 11.5 Å². The Bertz CT molecular complexity index is 527. The second-order valence-corrected chi connectivity index (χ2v) is 4.22. The fraction of sp³-hybridized carbons (Fsp3) is 0.400. The average molecular weight is 294 g/mol. The van der Waals surface area contributed by atoms with Gasteiger partial charge in [-0.2, -0.15) is 0 Å². The van der Waals surface area contributed by atoms with Gasteiger partial charge in [-0.3, -0.25) is 9.59 Å². The first-order valence-corrected chi connectivity index (χ1v) is 6.39. The van der Waals surface area contributed by atoms with Crippen molar-refractivity contribution in [2.75, 3.05) is 21.3 Å². The number of hydrogen-bond acceptors (Lipinski definition) is 6. The van der Waals surface area contributed by atoms with E-state index in [0.29, 0.717) is 0 Å². The van der Waals surface area contributed by atoms with E-state index in [9.17, 15) is 14.4 Å². The summed E-state index contributed by atoms with van der Waals surface area (Å²) in [6, 6.07) is 4.84. The van der Waals surface area contributed by atoms with Crippen LogP contribution in [0.25, 0.3) is 0 Å². The molecule has 0 saturated carbocycles. The van der Waals surface area contributed by atoms with Crippen LogP contribution in [0, 0.1) is 5.92 Å². The maximum Gasteiger partial charge on any atom is 0.375 e. The highest BCUT2D eigenvalue weighted by molar-refractivity contribution is 6.39. The van der Waals surface area contributed by atoms with Crippen LogP contribution in [0.5, 0.6) is 11.5 Å². The monoisotopic (exact) mass is 294 g/mol. The molecule has 1 unspecified atom stereocenters. The Balaban J connectivity index is 3.28. The van der Waals surface area contributed by atoms with E-state index >= 15 is 0 Å². The molecule has 0 heterocycles. The topological polar surface area (TPSA) is 78.9 Å². The van der Waals surface area contributed by atoms with Crippen LogP contribution >= 0.6 is 0 Å². The van der Waals surface area contributed by atoms with Crippen molar-refractivity contribution in [3.05, 3.63) is 23.8 Å². The van der Waals surface area contributed by atoms with Crippen LogP contribution in [0.3, 0.4) is 0 Å². The third kappa shape index (κ3) is 3.39. The molecule has 0 aromatic heterocycles. The van der Waals surface area contributed by atoms with E-state index in [0.717, 1.165) is 7.11 Å². The van der Waals surface area contributed by atoms with Crippen LogP contribution in [0.4, 0.5) is 0 Å². The lowest BCUT2D eigenvalue weighted by Crippen LogP contribution is -2.31. The number of rotatable bonds is 7. The van der Waals surface area contributed by atoms with Crippen molar-refractivity contribution in [2.45, 2.75) is 13.3 Å². The van der Waals surface area contributed by atoms with E-state index in [2.05, 4.69) is 4.74 Å². The van der Waals surface area contributed by atoms with E-state index < -0.39 is 23.5 Å². The molecule has 0 aliphatic carbocycles. The number of ether oxygens (including phenoxy) is 3. The van der Waals surface area contributed by atoms with E-state index in [1.807, 2.05) is 0 Å².